The maximum Gasteiger partial charge on any atom is 0.212 e. The molecule has 2 radical (unpaired) electrons. The van der Waals surface area contributed by atoms with Crippen LogP contribution in [-0.4, -0.2) is 18.9 Å². The third-order valence-corrected chi connectivity index (χ3v) is 1.10. The van der Waals surface area contributed by atoms with E-state index in [9.17, 15) is 0 Å². The molecule has 0 saturated carbocycles. The summed E-state index contributed by atoms with van der Waals surface area (Å²) in [6, 6.07) is 5.34. The minimum atomic E-state index is 0.143. The Morgan fingerprint density at radius 1 is 1.45 bits per heavy atom. The number of ether oxygens (including phenoxy) is 1. The van der Waals surface area contributed by atoms with Crippen LogP contribution in [0.25, 0.3) is 0 Å². The zero-order chi connectivity index (χ0) is 8.27. The molecule has 0 N–H and O–H groups in total. The minimum absolute atomic E-state index is 0.143. The fraction of sp³-hybridized carbons (Fsp3) is 0.375. The van der Waals surface area contributed by atoms with Crippen LogP contribution < -0.4 is 10.3 Å². The first kappa shape index (κ1) is 8.11. The number of hydrogen-bond donors (Lipinski definition) is 0. The summed E-state index contributed by atoms with van der Waals surface area (Å²) in [5.41, 5.74) is 0.489. The smallest absolute Gasteiger partial charge is 0.212 e. The van der Waals surface area contributed by atoms with Gasteiger partial charge >= 0.3 is 0 Å². The molecule has 0 unspecified atom stereocenters. The first-order valence-electron chi connectivity index (χ1n) is 3.57. The fourth-order valence-electron chi connectivity index (χ4n) is 0.738. The summed E-state index contributed by atoms with van der Waals surface area (Å²) >= 11 is 0. The molecule has 0 aromatic carbocycles. The van der Waals surface area contributed by atoms with E-state index in [0.717, 1.165) is 0 Å². The van der Waals surface area contributed by atoms with E-state index in [1.165, 1.54) is 0 Å². The number of nitrogens with zero attached hydrogens (tertiary/aromatic N) is 1. The molecule has 0 spiro atoms. The van der Waals surface area contributed by atoms with E-state index in [2.05, 4.69) is 4.98 Å². The Hall–Kier alpha value is -0.985. The zero-order valence-corrected chi connectivity index (χ0v) is 6.74. The van der Waals surface area contributed by atoms with Crippen LogP contribution in [0.3, 0.4) is 0 Å². The molecule has 1 rings (SSSR count). The van der Waals surface area contributed by atoms with Crippen molar-refractivity contribution < 1.29 is 4.74 Å². The van der Waals surface area contributed by atoms with Crippen LogP contribution in [0, 0.1) is 0 Å². The molecule has 1 aromatic rings. The molecule has 0 aliphatic heterocycles. The Labute approximate surface area is 68.0 Å². The second kappa shape index (κ2) is 3.42. The van der Waals surface area contributed by atoms with Crippen LogP contribution in [-0.2, 0) is 0 Å². The van der Waals surface area contributed by atoms with Gasteiger partial charge in [-0.05, 0) is 19.4 Å². The van der Waals surface area contributed by atoms with Crippen LogP contribution in [0.4, 0.5) is 0 Å². The van der Waals surface area contributed by atoms with E-state index < -0.39 is 0 Å². The molecule has 0 amide bonds. The van der Waals surface area contributed by atoms with Crippen molar-refractivity contribution in [2.75, 3.05) is 0 Å². The maximum atomic E-state index is 5.44. The van der Waals surface area contributed by atoms with Crippen molar-refractivity contribution in [3.63, 3.8) is 0 Å². The highest BCUT2D eigenvalue weighted by atomic mass is 16.5. The molecular weight excluding hydrogens is 137 g/mol. The van der Waals surface area contributed by atoms with E-state index in [-0.39, 0.29) is 6.10 Å². The summed E-state index contributed by atoms with van der Waals surface area (Å²) in [6.07, 6.45) is 0.143. The second-order valence-electron chi connectivity index (χ2n) is 2.57. The molecule has 3 heteroatoms. The van der Waals surface area contributed by atoms with Crippen molar-refractivity contribution in [2.45, 2.75) is 20.0 Å². The molecule has 2 nitrogen and oxygen atoms in total. The summed E-state index contributed by atoms with van der Waals surface area (Å²) in [7, 11) is 5.44. The normalized spacial score (nSPS) is 10.1. The molecule has 0 fully saturated rings. The lowest BCUT2D eigenvalue weighted by molar-refractivity contribution is 0.233. The van der Waals surface area contributed by atoms with Crippen molar-refractivity contribution in [1.29, 1.82) is 0 Å². The van der Waals surface area contributed by atoms with Gasteiger partial charge in [-0.15, -0.1) is 0 Å². The molecule has 11 heavy (non-hydrogen) atoms. The summed E-state index contributed by atoms with van der Waals surface area (Å²) < 4.78 is 5.30. The van der Waals surface area contributed by atoms with Crippen molar-refractivity contribution in [3.05, 3.63) is 18.2 Å². The lowest BCUT2D eigenvalue weighted by Crippen LogP contribution is -2.12. The van der Waals surface area contributed by atoms with Gasteiger partial charge in [0.25, 0.3) is 0 Å². The molecule has 1 heterocycles. The predicted octanol–water partition coefficient (Wildman–Crippen LogP) is 0.663. The molecule has 1 aromatic heterocycles. The second-order valence-corrected chi connectivity index (χ2v) is 2.57. The SMILES string of the molecule is [B]c1cccc(OC(C)C)n1. The van der Waals surface area contributed by atoms with Crippen LogP contribution >= 0.6 is 0 Å². The third-order valence-electron chi connectivity index (χ3n) is 1.10. The standard InChI is InChI=1S/C8H10BNO/c1-6(2)11-8-5-3-4-7(9)10-8/h3-6H,1-2H3. The topological polar surface area (TPSA) is 22.1 Å². The Bertz CT molecular complexity index is 237. The van der Waals surface area contributed by atoms with Crippen molar-refractivity contribution in [1.82, 2.24) is 4.98 Å². The molecule has 0 atom stereocenters. The number of rotatable bonds is 2. The van der Waals surface area contributed by atoms with Gasteiger partial charge in [0.2, 0.25) is 5.88 Å². The predicted molar refractivity (Wildman–Crippen MR) is 45.4 cm³/mol. The van der Waals surface area contributed by atoms with Gasteiger partial charge in [0, 0.05) is 6.07 Å². The molecule has 56 valence electrons. The first-order chi connectivity index (χ1) is 5.18. The fourth-order valence-corrected chi connectivity index (χ4v) is 0.738. The highest BCUT2D eigenvalue weighted by Gasteiger charge is 1.96. The van der Waals surface area contributed by atoms with Crippen molar-refractivity contribution >= 4 is 13.4 Å². The first-order valence-corrected chi connectivity index (χ1v) is 3.57. The van der Waals surface area contributed by atoms with Gasteiger partial charge in [-0.1, -0.05) is 12.1 Å². The molecule has 0 aliphatic carbocycles. The number of hydrogen-bond acceptors (Lipinski definition) is 2. The van der Waals surface area contributed by atoms with Crippen LogP contribution in [0.5, 0.6) is 5.88 Å². The van der Waals surface area contributed by atoms with Gasteiger partial charge < -0.3 is 4.74 Å². The minimum Gasteiger partial charge on any atom is -0.475 e. The molecular formula is C8H10BNO. The van der Waals surface area contributed by atoms with E-state index in [1.807, 2.05) is 19.9 Å². The van der Waals surface area contributed by atoms with Crippen molar-refractivity contribution in [3.8, 4) is 5.88 Å². The average Bonchev–Trinajstić information content (AvgIpc) is 1.85. The maximum absolute atomic E-state index is 5.44. The Morgan fingerprint density at radius 3 is 2.73 bits per heavy atom. The van der Waals surface area contributed by atoms with Crippen LogP contribution in [0.2, 0.25) is 0 Å². The summed E-state index contributed by atoms with van der Waals surface area (Å²) in [5, 5.41) is 0. The Kier molecular flexibility index (Phi) is 2.52. The van der Waals surface area contributed by atoms with E-state index >= 15 is 0 Å². The highest BCUT2D eigenvalue weighted by Crippen LogP contribution is 2.03. The number of pyridine rings is 1. The largest absolute Gasteiger partial charge is 0.475 e. The zero-order valence-electron chi connectivity index (χ0n) is 6.74. The van der Waals surface area contributed by atoms with Gasteiger partial charge in [0.1, 0.15) is 7.85 Å². The van der Waals surface area contributed by atoms with E-state index in [4.69, 9.17) is 12.6 Å². The van der Waals surface area contributed by atoms with Crippen LogP contribution in [0.15, 0.2) is 18.2 Å². The van der Waals surface area contributed by atoms with Crippen LogP contribution in [0.1, 0.15) is 13.8 Å². The number of aromatic nitrogens is 1. The van der Waals surface area contributed by atoms with Crippen molar-refractivity contribution in [2.24, 2.45) is 0 Å². The summed E-state index contributed by atoms with van der Waals surface area (Å²) in [5.74, 6) is 0.583. The molecule has 0 saturated heterocycles. The van der Waals surface area contributed by atoms with Gasteiger partial charge in [-0.25, -0.2) is 4.98 Å². The lowest BCUT2D eigenvalue weighted by atomic mass is 10.0. The van der Waals surface area contributed by atoms with Gasteiger partial charge in [0.05, 0.1) is 6.10 Å². The van der Waals surface area contributed by atoms with E-state index in [0.29, 0.717) is 11.5 Å². The Balaban J connectivity index is 2.71. The average molecular weight is 147 g/mol. The summed E-state index contributed by atoms with van der Waals surface area (Å²) in [4.78, 5) is 3.97. The molecule has 0 aliphatic rings. The van der Waals surface area contributed by atoms with E-state index in [1.54, 1.807) is 12.1 Å². The van der Waals surface area contributed by atoms with Gasteiger partial charge in [0.15, 0.2) is 0 Å². The Morgan fingerprint density at radius 2 is 2.18 bits per heavy atom. The van der Waals surface area contributed by atoms with Gasteiger partial charge in [-0.3, -0.25) is 0 Å². The quantitative estimate of drug-likeness (QED) is 0.573. The molecule has 0 bridgehead atoms. The third kappa shape index (κ3) is 2.62. The monoisotopic (exact) mass is 147 g/mol. The van der Waals surface area contributed by atoms with Gasteiger partial charge in [-0.2, -0.15) is 0 Å². The lowest BCUT2D eigenvalue weighted by Gasteiger charge is -2.08. The summed E-state index contributed by atoms with van der Waals surface area (Å²) in [6.45, 7) is 3.90. The highest BCUT2D eigenvalue weighted by molar-refractivity contribution is 6.30.